The molecule has 2 aliphatic carbocycles. The first kappa shape index (κ1) is 13.8. The lowest BCUT2D eigenvalue weighted by Gasteiger charge is -2.35. The van der Waals surface area contributed by atoms with Gasteiger partial charge in [-0.3, -0.25) is 0 Å². The quantitative estimate of drug-likeness (QED) is 0.856. The summed E-state index contributed by atoms with van der Waals surface area (Å²) in [5, 5.41) is -0.164. The molecule has 3 rings (SSSR count). The van der Waals surface area contributed by atoms with Crippen molar-refractivity contribution in [2.45, 2.75) is 68.4 Å². The van der Waals surface area contributed by atoms with Gasteiger partial charge in [0.25, 0.3) is 0 Å². The fourth-order valence-corrected chi connectivity index (χ4v) is 5.34. The first-order chi connectivity index (χ1) is 9.10. The highest BCUT2D eigenvalue weighted by molar-refractivity contribution is 7.90. The molecule has 0 radical (unpaired) electrons. The minimum atomic E-state index is -3.13. The second-order valence-electron chi connectivity index (χ2n) is 5.95. The summed E-state index contributed by atoms with van der Waals surface area (Å²) >= 11 is 0. The maximum absolute atomic E-state index is 12.2. The molecule has 0 amide bonds. The lowest BCUT2D eigenvalue weighted by Crippen LogP contribution is -2.46. The van der Waals surface area contributed by atoms with Gasteiger partial charge in [0, 0.05) is 18.9 Å². The predicted molar refractivity (Wildman–Crippen MR) is 71.2 cm³/mol. The summed E-state index contributed by atoms with van der Waals surface area (Å²) in [5.74, 6) is -0.407. The standard InChI is InChI=1S/C13H23NO4S/c15-19(16,12-3-1-2-4-12)14-11-5-7-13(8-6-11)17-9-10-18-13/h11-12,14H,1-10H2. The van der Waals surface area contributed by atoms with E-state index >= 15 is 0 Å². The first-order valence-electron chi connectivity index (χ1n) is 7.39. The number of ether oxygens (including phenoxy) is 2. The molecule has 2 saturated carbocycles. The molecule has 19 heavy (non-hydrogen) atoms. The zero-order valence-corrected chi connectivity index (χ0v) is 12.1. The van der Waals surface area contributed by atoms with Crippen LogP contribution in [0.3, 0.4) is 0 Å². The fraction of sp³-hybridized carbons (Fsp3) is 1.00. The molecule has 6 heteroatoms. The number of nitrogens with one attached hydrogen (secondary N) is 1. The van der Waals surface area contributed by atoms with Crippen LogP contribution in [0.15, 0.2) is 0 Å². The van der Waals surface area contributed by atoms with Gasteiger partial charge < -0.3 is 9.47 Å². The summed E-state index contributed by atoms with van der Waals surface area (Å²) in [6.45, 7) is 1.33. The van der Waals surface area contributed by atoms with Crippen LogP contribution in [0.2, 0.25) is 0 Å². The van der Waals surface area contributed by atoms with Crippen LogP contribution in [0.4, 0.5) is 0 Å². The van der Waals surface area contributed by atoms with Gasteiger partial charge in [0.15, 0.2) is 5.79 Å². The Morgan fingerprint density at radius 1 is 0.947 bits per heavy atom. The van der Waals surface area contributed by atoms with Crippen LogP contribution in [-0.4, -0.2) is 38.7 Å². The summed E-state index contributed by atoms with van der Waals surface area (Å²) in [6.07, 6.45) is 6.94. The van der Waals surface area contributed by atoms with E-state index in [1.54, 1.807) is 0 Å². The van der Waals surface area contributed by atoms with Gasteiger partial charge in [-0.1, -0.05) is 12.8 Å². The summed E-state index contributed by atoms with van der Waals surface area (Å²) in [5.41, 5.74) is 0. The normalized spacial score (nSPS) is 29.3. The molecule has 1 spiro atoms. The molecule has 0 aromatic carbocycles. The molecule has 0 atom stereocenters. The smallest absolute Gasteiger partial charge is 0.214 e. The Morgan fingerprint density at radius 2 is 1.53 bits per heavy atom. The Balaban J connectivity index is 1.54. The molecule has 1 N–H and O–H groups in total. The van der Waals surface area contributed by atoms with E-state index in [0.29, 0.717) is 13.2 Å². The van der Waals surface area contributed by atoms with E-state index in [2.05, 4.69) is 4.72 Å². The zero-order chi connectivity index (χ0) is 13.3. The van der Waals surface area contributed by atoms with Gasteiger partial charge >= 0.3 is 0 Å². The average molecular weight is 289 g/mol. The summed E-state index contributed by atoms with van der Waals surface area (Å²) in [6, 6.07) is 0.0593. The minimum absolute atomic E-state index is 0.0593. The van der Waals surface area contributed by atoms with Crippen LogP contribution < -0.4 is 4.72 Å². The van der Waals surface area contributed by atoms with Crippen molar-refractivity contribution in [3.05, 3.63) is 0 Å². The van der Waals surface area contributed by atoms with Gasteiger partial charge in [-0.25, -0.2) is 13.1 Å². The van der Waals surface area contributed by atoms with Crippen molar-refractivity contribution < 1.29 is 17.9 Å². The molecule has 3 aliphatic rings. The maximum Gasteiger partial charge on any atom is 0.214 e. The largest absolute Gasteiger partial charge is 0.348 e. The molecule has 0 bridgehead atoms. The molecule has 110 valence electrons. The van der Waals surface area contributed by atoms with E-state index in [1.807, 2.05) is 0 Å². The highest BCUT2D eigenvalue weighted by atomic mass is 32.2. The third-order valence-electron chi connectivity index (χ3n) is 4.63. The molecule has 0 unspecified atom stereocenters. The van der Waals surface area contributed by atoms with Crippen LogP contribution in [-0.2, 0) is 19.5 Å². The Hall–Kier alpha value is -0.170. The van der Waals surface area contributed by atoms with Crippen LogP contribution in [0.1, 0.15) is 51.4 Å². The Labute approximate surface area is 115 Å². The highest BCUT2D eigenvalue weighted by Crippen LogP contribution is 2.36. The van der Waals surface area contributed by atoms with Gasteiger partial charge in [-0.15, -0.1) is 0 Å². The maximum atomic E-state index is 12.2. The molecule has 1 saturated heterocycles. The molecular weight excluding hydrogens is 266 g/mol. The summed E-state index contributed by atoms with van der Waals surface area (Å²) in [7, 11) is -3.13. The third kappa shape index (κ3) is 2.96. The molecule has 5 nitrogen and oxygen atoms in total. The van der Waals surface area contributed by atoms with Crippen molar-refractivity contribution in [1.29, 1.82) is 0 Å². The number of rotatable bonds is 3. The third-order valence-corrected chi connectivity index (χ3v) is 6.64. The molecule has 1 heterocycles. The highest BCUT2D eigenvalue weighted by Gasteiger charge is 2.41. The molecular formula is C13H23NO4S. The van der Waals surface area contributed by atoms with Crippen molar-refractivity contribution >= 4 is 10.0 Å². The van der Waals surface area contributed by atoms with Gasteiger partial charge in [0.1, 0.15) is 0 Å². The van der Waals surface area contributed by atoms with Crippen molar-refractivity contribution in [3.63, 3.8) is 0 Å². The van der Waals surface area contributed by atoms with Crippen LogP contribution in [0.5, 0.6) is 0 Å². The zero-order valence-electron chi connectivity index (χ0n) is 11.3. The first-order valence-corrected chi connectivity index (χ1v) is 8.93. The number of sulfonamides is 1. The minimum Gasteiger partial charge on any atom is -0.348 e. The lowest BCUT2D eigenvalue weighted by atomic mass is 9.91. The Morgan fingerprint density at radius 3 is 2.11 bits per heavy atom. The molecule has 1 aliphatic heterocycles. The Bertz CT molecular complexity index is 400. The van der Waals surface area contributed by atoms with E-state index in [9.17, 15) is 8.42 Å². The fourth-order valence-electron chi connectivity index (χ4n) is 3.49. The van der Waals surface area contributed by atoms with Crippen molar-refractivity contribution in [1.82, 2.24) is 4.72 Å². The molecule has 0 aromatic heterocycles. The van der Waals surface area contributed by atoms with Crippen LogP contribution in [0, 0.1) is 0 Å². The monoisotopic (exact) mass is 289 g/mol. The Kier molecular flexibility index (Phi) is 3.86. The van der Waals surface area contributed by atoms with Gasteiger partial charge in [0.05, 0.1) is 18.5 Å². The molecule has 3 fully saturated rings. The summed E-state index contributed by atoms with van der Waals surface area (Å²) in [4.78, 5) is 0. The number of hydrogen-bond donors (Lipinski definition) is 1. The molecule has 0 aromatic rings. The topological polar surface area (TPSA) is 64.6 Å². The number of hydrogen-bond acceptors (Lipinski definition) is 4. The van der Waals surface area contributed by atoms with Crippen LogP contribution >= 0.6 is 0 Å². The van der Waals surface area contributed by atoms with E-state index in [0.717, 1.165) is 51.4 Å². The van der Waals surface area contributed by atoms with E-state index in [4.69, 9.17) is 9.47 Å². The van der Waals surface area contributed by atoms with E-state index in [1.165, 1.54) is 0 Å². The van der Waals surface area contributed by atoms with Crippen molar-refractivity contribution in [2.24, 2.45) is 0 Å². The lowest BCUT2D eigenvalue weighted by molar-refractivity contribution is -0.178. The van der Waals surface area contributed by atoms with E-state index < -0.39 is 15.8 Å². The second-order valence-corrected chi connectivity index (χ2v) is 7.94. The van der Waals surface area contributed by atoms with Crippen LogP contribution in [0.25, 0.3) is 0 Å². The predicted octanol–water partition coefficient (Wildman–Crippen LogP) is 1.53. The average Bonchev–Trinajstić information content (AvgIpc) is 3.05. The van der Waals surface area contributed by atoms with Gasteiger partial charge in [0.2, 0.25) is 10.0 Å². The van der Waals surface area contributed by atoms with Crippen molar-refractivity contribution in [3.8, 4) is 0 Å². The van der Waals surface area contributed by atoms with Crippen molar-refractivity contribution in [2.75, 3.05) is 13.2 Å². The second kappa shape index (κ2) is 5.31. The SMILES string of the molecule is O=S(=O)(NC1CCC2(CC1)OCCO2)C1CCCC1. The van der Waals surface area contributed by atoms with Gasteiger partial charge in [-0.05, 0) is 25.7 Å². The van der Waals surface area contributed by atoms with Gasteiger partial charge in [-0.2, -0.15) is 0 Å². The summed E-state index contributed by atoms with van der Waals surface area (Å²) < 4.78 is 38.7. The van der Waals surface area contributed by atoms with E-state index in [-0.39, 0.29) is 11.3 Å².